The first-order chi connectivity index (χ1) is 8.13. The molecule has 2 N–H and O–H groups in total. The molecule has 0 aliphatic heterocycles. The van der Waals surface area contributed by atoms with Crippen LogP contribution in [-0.4, -0.2) is 19.0 Å². The number of amides is 1. The third kappa shape index (κ3) is 5.33. The summed E-state index contributed by atoms with van der Waals surface area (Å²) < 4.78 is 1.11. The highest BCUT2D eigenvalue weighted by Gasteiger charge is 2.01. The van der Waals surface area contributed by atoms with Crippen LogP contribution in [-0.2, 0) is 11.3 Å². The average Bonchev–Trinajstić information content (AvgIpc) is 2.27. The van der Waals surface area contributed by atoms with Gasteiger partial charge in [-0.3, -0.25) is 4.79 Å². The van der Waals surface area contributed by atoms with E-state index in [1.165, 1.54) is 11.1 Å². The summed E-state index contributed by atoms with van der Waals surface area (Å²) in [6.45, 7) is 6.17. The summed E-state index contributed by atoms with van der Waals surface area (Å²) in [5.41, 5.74) is 2.45. The van der Waals surface area contributed by atoms with Crippen LogP contribution in [0, 0.1) is 6.92 Å². The molecule has 0 spiro atoms. The van der Waals surface area contributed by atoms with Gasteiger partial charge in [0.25, 0.3) is 0 Å². The number of carbonyl (C=O) groups excluding carboxylic acids is 1. The number of hydrogen-bond donors (Lipinski definition) is 2. The van der Waals surface area contributed by atoms with Crippen LogP contribution >= 0.6 is 15.9 Å². The summed E-state index contributed by atoms with van der Waals surface area (Å²) in [6.07, 6.45) is 0.525. The van der Waals surface area contributed by atoms with Crippen molar-refractivity contribution in [3.63, 3.8) is 0 Å². The van der Waals surface area contributed by atoms with Gasteiger partial charge < -0.3 is 10.6 Å². The molecule has 0 fully saturated rings. The van der Waals surface area contributed by atoms with Crippen molar-refractivity contribution in [1.82, 2.24) is 10.6 Å². The monoisotopic (exact) mass is 298 g/mol. The maximum absolute atomic E-state index is 11.2. The molecular weight excluding hydrogens is 280 g/mol. The summed E-state index contributed by atoms with van der Waals surface area (Å²) in [7, 11) is 0. The highest BCUT2D eigenvalue weighted by molar-refractivity contribution is 9.10. The summed E-state index contributed by atoms with van der Waals surface area (Å²) in [5, 5.41) is 6.04. The Balaban J connectivity index is 2.29. The second kappa shape index (κ2) is 7.45. The van der Waals surface area contributed by atoms with Crippen molar-refractivity contribution < 1.29 is 4.79 Å². The number of carbonyl (C=O) groups is 1. The van der Waals surface area contributed by atoms with E-state index in [4.69, 9.17) is 0 Å². The minimum Gasteiger partial charge on any atom is -0.356 e. The van der Waals surface area contributed by atoms with Crippen molar-refractivity contribution in [2.24, 2.45) is 0 Å². The predicted octanol–water partition coefficient (Wildman–Crippen LogP) is 2.37. The third-order valence-electron chi connectivity index (χ3n) is 2.43. The molecule has 0 heterocycles. The third-order valence-corrected chi connectivity index (χ3v) is 3.17. The minimum atomic E-state index is 0.1000. The van der Waals surface area contributed by atoms with Crippen molar-refractivity contribution in [3.05, 3.63) is 33.8 Å². The van der Waals surface area contributed by atoms with E-state index in [-0.39, 0.29) is 5.91 Å². The SMILES string of the molecule is CCNC(=O)CCNCc1ccc(C)cc1Br. The zero-order valence-electron chi connectivity index (χ0n) is 10.3. The number of aryl methyl sites for hydroxylation is 1. The van der Waals surface area contributed by atoms with E-state index in [2.05, 4.69) is 51.7 Å². The Hall–Kier alpha value is -0.870. The maximum atomic E-state index is 11.2. The first kappa shape index (κ1) is 14.2. The smallest absolute Gasteiger partial charge is 0.221 e. The summed E-state index contributed by atoms with van der Waals surface area (Å²) in [4.78, 5) is 11.2. The Bertz CT molecular complexity index is 380. The average molecular weight is 299 g/mol. The Kier molecular flexibility index (Phi) is 6.22. The van der Waals surface area contributed by atoms with Crippen LogP contribution in [0.25, 0.3) is 0 Å². The number of hydrogen-bond acceptors (Lipinski definition) is 2. The molecule has 0 radical (unpaired) electrons. The summed E-state index contributed by atoms with van der Waals surface area (Å²) in [5.74, 6) is 0.1000. The maximum Gasteiger partial charge on any atom is 0.221 e. The van der Waals surface area contributed by atoms with E-state index in [1.54, 1.807) is 0 Å². The van der Waals surface area contributed by atoms with Crippen molar-refractivity contribution in [2.45, 2.75) is 26.8 Å². The lowest BCUT2D eigenvalue weighted by Gasteiger charge is -2.07. The highest BCUT2D eigenvalue weighted by Crippen LogP contribution is 2.17. The van der Waals surface area contributed by atoms with Gasteiger partial charge in [0.05, 0.1) is 0 Å². The fourth-order valence-electron chi connectivity index (χ4n) is 1.51. The van der Waals surface area contributed by atoms with E-state index in [9.17, 15) is 4.79 Å². The van der Waals surface area contributed by atoms with Crippen LogP contribution in [0.5, 0.6) is 0 Å². The molecule has 0 bridgehead atoms. The molecule has 94 valence electrons. The van der Waals surface area contributed by atoms with Crippen LogP contribution in [0.1, 0.15) is 24.5 Å². The Morgan fingerprint density at radius 1 is 1.41 bits per heavy atom. The van der Waals surface area contributed by atoms with E-state index in [0.717, 1.165) is 11.0 Å². The quantitative estimate of drug-likeness (QED) is 0.792. The number of rotatable bonds is 6. The first-order valence-electron chi connectivity index (χ1n) is 5.86. The normalized spacial score (nSPS) is 10.3. The molecule has 0 aliphatic rings. The molecule has 0 unspecified atom stereocenters. The van der Waals surface area contributed by atoms with Crippen molar-refractivity contribution in [3.8, 4) is 0 Å². The lowest BCUT2D eigenvalue weighted by atomic mass is 10.1. The molecule has 1 aromatic carbocycles. The molecule has 1 rings (SSSR count). The van der Waals surface area contributed by atoms with Gasteiger partial charge in [-0.25, -0.2) is 0 Å². The predicted molar refractivity (Wildman–Crippen MR) is 73.9 cm³/mol. The van der Waals surface area contributed by atoms with Crippen LogP contribution in [0.15, 0.2) is 22.7 Å². The Morgan fingerprint density at radius 3 is 2.82 bits per heavy atom. The number of nitrogens with one attached hydrogen (secondary N) is 2. The summed E-state index contributed by atoms with van der Waals surface area (Å²) >= 11 is 3.53. The molecule has 0 aromatic heterocycles. The van der Waals surface area contributed by atoms with Crippen molar-refractivity contribution in [2.75, 3.05) is 13.1 Å². The lowest BCUT2D eigenvalue weighted by Crippen LogP contribution is -2.27. The van der Waals surface area contributed by atoms with Gasteiger partial charge in [0.1, 0.15) is 0 Å². The molecule has 4 heteroatoms. The molecule has 1 aromatic rings. The highest BCUT2D eigenvalue weighted by atomic mass is 79.9. The van der Waals surface area contributed by atoms with Gasteiger partial charge in [-0.2, -0.15) is 0 Å². The van der Waals surface area contributed by atoms with E-state index < -0.39 is 0 Å². The van der Waals surface area contributed by atoms with Gasteiger partial charge in [0.2, 0.25) is 5.91 Å². The summed E-state index contributed by atoms with van der Waals surface area (Å²) in [6, 6.07) is 6.28. The minimum absolute atomic E-state index is 0.1000. The van der Waals surface area contributed by atoms with E-state index in [1.807, 2.05) is 6.92 Å². The zero-order chi connectivity index (χ0) is 12.7. The lowest BCUT2D eigenvalue weighted by molar-refractivity contribution is -0.120. The van der Waals surface area contributed by atoms with Crippen LogP contribution in [0.3, 0.4) is 0 Å². The molecule has 17 heavy (non-hydrogen) atoms. The molecular formula is C13H19BrN2O. The Morgan fingerprint density at radius 2 is 2.18 bits per heavy atom. The first-order valence-corrected chi connectivity index (χ1v) is 6.65. The fraction of sp³-hybridized carbons (Fsp3) is 0.462. The standard InChI is InChI=1S/C13H19BrN2O/c1-3-16-13(17)6-7-15-9-11-5-4-10(2)8-12(11)14/h4-5,8,15H,3,6-7,9H2,1-2H3,(H,16,17). The molecule has 0 aliphatic carbocycles. The molecule has 0 saturated carbocycles. The molecule has 1 amide bonds. The van der Waals surface area contributed by atoms with Gasteiger partial charge in [0.15, 0.2) is 0 Å². The van der Waals surface area contributed by atoms with Gasteiger partial charge >= 0.3 is 0 Å². The van der Waals surface area contributed by atoms with Crippen LogP contribution < -0.4 is 10.6 Å². The van der Waals surface area contributed by atoms with Gasteiger partial charge in [-0.1, -0.05) is 28.1 Å². The molecule has 3 nitrogen and oxygen atoms in total. The van der Waals surface area contributed by atoms with E-state index >= 15 is 0 Å². The van der Waals surface area contributed by atoms with Gasteiger partial charge in [-0.15, -0.1) is 0 Å². The van der Waals surface area contributed by atoms with Crippen LogP contribution in [0.2, 0.25) is 0 Å². The van der Waals surface area contributed by atoms with Crippen molar-refractivity contribution in [1.29, 1.82) is 0 Å². The second-order valence-electron chi connectivity index (χ2n) is 3.98. The zero-order valence-corrected chi connectivity index (χ0v) is 11.9. The van der Waals surface area contributed by atoms with E-state index in [0.29, 0.717) is 19.5 Å². The molecule has 0 saturated heterocycles. The topological polar surface area (TPSA) is 41.1 Å². The number of halogens is 1. The fourth-order valence-corrected chi connectivity index (χ4v) is 2.14. The van der Waals surface area contributed by atoms with Gasteiger partial charge in [-0.05, 0) is 31.0 Å². The van der Waals surface area contributed by atoms with Gasteiger partial charge in [0, 0.05) is 30.5 Å². The second-order valence-corrected chi connectivity index (χ2v) is 4.83. The largest absolute Gasteiger partial charge is 0.356 e. The molecule has 0 atom stereocenters. The van der Waals surface area contributed by atoms with Crippen LogP contribution in [0.4, 0.5) is 0 Å². The number of benzene rings is 1. The van der Waals surface area contributed by atoms with Crippen molar-refractivity contribution >= 4 is 21.8 Å². The Labute approximate surface area is 111 Å².